The van der Waals surface area contributed by atoms with Gasteiger partial charge < -0.3 is 4.74 Å². The Morgan fingerprint density at radius 1 is 0.650 bits per heavy atom. The Kier molecular flexibility index (Phi) is 5.71. The highest BCUT2D eigenvalue weighted by molar-refractivity contribution is 6.09. The van der Waals surface area contributed by atoms with Gasteiger partial charge in [-0.2, -0.15) is 5.10 Å². The molecule has 7 aromatic rings. The van der Waals surface area contributed by atoms with Crippen molar-refractivity contribution in [2.45, 2.75) is 20.8 Å². The normalized spacial score (nSPS) is 11.4. The van der Waals surface area contributed by atoms with E-state index >= 15 is 0 Å². The third-order valence-corrected chi connectivity index (χ3v) is 7.43. The molecule has 0 aliphatic heterocycles. The molecule has 0 saturated carbocycles. The Hall–Kier alpha value is -5.16. The highest BCUT2D eigenvalue weighted by Crippen LogP contribution is 2.35. The summed E-state index contributed by atoms with van der Waals surface area (Å²) < 4.78 is 10.7. The largest absolute Gasteiger partial charge is 0.457 e. The number of para-hydroxylation sites is 1. The van der Waals surface area contributed by atoms with Crippen LogP contribution in [0.25, 0.3) is 44.4 Å². The molecule has 7 rings (SSSR count). The van der Waals surface area contributed by atoms with Gasteiger partial charge in [0.05, 0.1) is 22.4 Å². The number of nitrogens with zero attached hydrogens (tertiary/aromatic N) is 4. The number of rotatable bonds is 5. The van der Waals surface area contributed by atoms with Crippen molar-refractivity contribution in [1.29, 1.82) is 0 Å². The molecule has 40 heavy (non-hydrogen) atoms. The Morgan fingerprint density at radius 3 is 2.27 bits per heavy atom. The van der Waals surface area contributed by atoms with Crippen LogP contribution in [0.5, 0.6) is 11.5 Å². The highest BCUT2D eigenvalue weighted by Gasteiger charge is 2.16. The van der Waals surface area contributed by atoms with Crippen LogP contribution in [-0.4, -0.2) is 19.3 Å². The molecule has 4 aromatic carbocycles. The lowest BCUT2D eigenvalue weighted by Crippen LogP contribution is -1.99. The van der Waals surface area contributed by atoms with Gasteiger partial charge in [0.1, 0.15) is 17.3 Å². The van der Waals surface area contributed by atoms with Gasteiger partial charge in [0.25, 0.3) is 0 Å². The second-order valence-corrected chi connectivity index (χ2v) is 10.1. The minimum atomic E-state index is 0.752. The van der Waals surface area contributed by atoms with E-state index in [0.29, 0.717) is 0 Å². The van der Waals surface area contributed by atoms with Gasteiger partial charge in [-0.15, -0.1) is 0 Å². The van der Waals surface area contributed by atoms with Crippen molar-refractivity contribution in [3.8, 4) is 34.1 Å². The third-order valence-electron chi connectivity index (χ3n) is 7.43. The fourth-order valence-corrected chi connectivity index (χ4v) is 5.63. The van der Waals surface area contributed by atoms with Crippen molar-refractivity contribution in [2.75, 3.05) is 0 Å². The van der Waals surface area contributed by atoms with Crippen LogP contribution < -0.4 is 4.74 Å². The number of ether oxygens (including phenoxy) is 1. The molecular formula is C35H28N4O. The first-order valence-electron chi connectivity index (χ1n) is 13.4. The molecule has 5 heteroatoms. The summed E-state index contributed by atoms with van der Waals surface area (Å²) in [5.41, 5.74) is 8.72. The summed E-state index contributed by atoms with van der Waals surface area (Å²) in [5, 5.41) is 7.22. The topological polar surface area (TPSA) is 44.9 Å². The van der Waals surface area contributed by atoms with Crippen molar-refractivity contribution in [3.05, 3.63) is 132 Å². The van der Waals surface area contributed by atoms with Gasteiger partial charge in [0.15, 0.2) is 0 Å². The Bertz CT molecular complexity index is 2020. The number of fused-ring (bicyclic) bond motifs is 3. The van der Waals surface area contributed by atoms with E-state index in [9.17, 15) is 0 Å². The lowest BCUT2D eigenvalue weighted by atomic mass is 10.0. The summed E-state index contributed by atoms with van der Waals surface area (Å²) in [6.07, 6.45) is 1.86. The SMILES string of the molecule is Cc1ccnc(-n2c3ccccc3c3ccc(Oc4cccc(-n5nc(C)c(-c6ccccc6)c5C)c4)cc32)c1. The molecule has 0 fully saturated rings. The van der Waals surface area contributed by atoms with Crippen molar-refractivity contribution in [3.63, 3.8) is 0 Å². The molecular weight excluding hydrogens is 492 g/mol. The second-order valence-electron chi connectivity index (χ2n) is 10.1. The summed E-state index contributed by atoms with van der Waals surface area (Å²) >= 11 is 0. The predicted octanol–water partition coefficient (Wildman–Crippen LogP) is 8.75. The summed E-state index contributed by atoms with van der Waals surface area (Å²) in [6.45, 7) is 6.26. The van der Waals surface area contributed by atoms with Crippen molar-refractivity contribution >= 4 is 21.8 Å². The third kappa shape index (κ3) is 4.03. The fraction of sp³-hybridized carbons (Fsp3) is 0.0857. The molecule has 0 N–H and O–H groups in total. The van der Waals surface area contributed by atoms with Gasteiger partial charge in [-0.05, 0) is 74.4 Å². The molecule has 0 saturated heterocycles. The first kappa shape index (κ1) is 23.9. The predicted molar refractivity (Wildman–Crippen MR) is 162 cm³/mol. The van der Waals surface area contributed by atoms with Crippen molar-refractivity contribution in [1.82, 2.24) is 19.3 Å². The molecule has 0 spiro atoms. The number of hydrogen-bond acceptors (Lipinski definition) is 3. The monoisotopic (exact) mass is 520 g/mol. The maximum atomic E-state index is 6.45. The van der Waals surface area contributed by atoms with E-state index in [1.54, 1.807) is 0 Å². The highest BCUT2D eigenvalue weighted by atomic mass is 16.5. The molecule has 3 aromatic heterocycles. The average Bonchev–Trinajstić information content (AvgIpc) is 3.46. The summed E-state index contributed by atoms with van der Waals surface area (Å²) in [7, 11) is 0. The molecule has 5 nitrogen and oxygen atoms in total. The van der Waals surface area contributed by atoms with Gasteiger partial charge in [0.2, 0.25) is 0 Å². The van der Waals surface area contributed by atoms with Crippen molar-refractivity contribution in [2.24, 2.45) is 0 Å². The Labute approximate surface area is 232 Å². The van der Waals surface area contributed by atoms with E-state index in [-0.39, 0.29) is 0 Å². The Balaban J connectivity index is 1.29. The smallest absolute Gasteiger partial charge is 0.137 e. The lowest BCUT2D eigenvalue weighted by molar-refractivity contribution is 0.483. The van der Waals surface area contributed by atoms with E-state index < -0.39 is 0 Å². The maximum absolute atomic E-state index is 6.45. The molecule has 0 radical (unpaired) electrons. The summed E-state index contributed by atoms with van der Waals surface area (Å²) in [5.74, 6) is 2.41. The summed E-state index contributed by atoms with van der Waals surface area (Å²) in [6, 6.07) is 37.3. The molecule has 0 unspecified atom stereocenters. The zero-order chi connectivity index (χ0) is 27.2. The van der Waals surface area contributed by atoms with E-state index in [2.05, 4.69) is 98.1 Å². The van der Waals surface area contributed by atoms with E-state index in [4.69, 9.17) is 14.8 Å². The molecule has 0 atom stereocenters. The number of benzene rings is 4. The second kappa shape index (κ2) is 9.54. The molecule has 0 amide bonds. The average molecular weight is 521 g/mol. The van der Waals surface area contributed by atoms with Crippen LogP contribution in [-0.2, 0) is 0 Å². The number of hydrogen-bond donors (Lipinski definition) is 0. The molecule has 0 bridgehead atoms. The fourth-order valence-electron chi connectivity index (χ4n) is 5.63. The minimum Gasteiger partial charge on any atom is -0.457 e. The lowest BCUT2D eigenvalue weighted by Gasteiger charge is -2.11. The van der Waals surface area contributed by atoms with Gasteiger partial charge in [-0.1, -0.05) is 54.6 Å². The molecule has 0 aliphatic carbocycles. The van der Waals surface area contributed by atoms with Gasteiger partial charge in [-0.3, -0.25) is 4.57 Å². The number of aryl methyl sites for hydroxylation is 2. The van der Waals surface area contributed by atoms with Crippen LogP contribution in [0.1, 0.15) is 17.0 Å². The number of pyridine rings is 1. The zero-order valence-corrected chi connectivity index (χ0v) is 22.7. The minimum absolute atomic E-state index is 0.752. The van der Waals surface area contributed by atoms with Crippen LogP contribution in [0, 0.1) is 20.8 Å². The van der Waals surface area contributed by atoms with Crippen LogP contribution in [0.2, 0.25) is 0 Å². The molecule has 0 aliphatic rings. The first-order chi connectivity index (χ1) is 19.6. The van der Waals surface area contributed by atoms with E-state index in [0.717, 1.165) is 56.4 Å². The standard InChI is InChI=1S/C35H28N4O/c1-23-18-19-36-34(20-23)38-32-15-8-7-14-30(32)31-17-16-29(22-33(31)38)40-28-13-9-12-27(21-28)39-25(3)35(24(2)37-39)26-10-5-4-6-11-26/h4-22H,1-3H3. The van der Waals surface area contributed by atoms with Crippen LogP contribution in [0.3, 0.4) is 0 Å². The van der Waals surface area contributed by atoms with Crippen LogP contribution in [0.4, 0.5) is 0 Å². The molecule has 194 valence electrons. The Morgan fingerprint density at radius 2 is 1.43 bits per heavy atom. The summed E-state index contributed by atoms with van der Waals surface area (Å²) in [4.78, 5) is 4.69. The van der Waals surface area contributed by atoms with E-state index in [1.165, 1.54) is 16.5 Å². The van der Waals surface area contributed by atoms with Crippen molar-refractivity contribution < 1.29 is 4.74 Å². The molecule has 3 heterocycles. The first-order valence-corrected chi connectivity index (χ1v) is 13.4. The quantitative estimate of drug-likeness (QED) is 0.228. The van der Waals surface area contributed by atoms with Gasteiger partial charge in [0, 0.05) is 40.4 Å². The zero-order valence-electron chi connectivity index (χ0n) is 22.7. The van der Waals surface area contributed by atoms with E-state index in [1.807, 2.05) is 47.3 Å². The maximum Gasteiger partial charge on any atom is 0.137 e. The van der Waals surface area contributed by atoms with Gasteiger partial charge in [-0.25, -0.2) is 9.67 Å². The van der Waals surface area contributed by atoms with Crippen LogP contribution >= 0.6 is 0 Å². The van der Waals surface area contributed by atoms with Gasteiger partial charge >= 0.3 is 0 Å². The van der Waals surface area contributed by atoms with Crippen LogP contribution in [0.15, 0.2) is 115 Å². The number of aromatic nitrogens is 4.